The van der Waals surface area contributed by atoms with Crippen molar-refractivity contribution in [2.75, 3.05) is 13.2 Å². The summed E-state index contributed by atoms with van der Waals surface area (Å²) >= 11 is 0. The Balaban J connectivity index is 2.34. The van der Waals surface area contributed by atoms with E-state index in [-0.39, 0.29) is 0 Å². The van der Waals surface area contributed by atoms with Crippen molar-refractivity contribution in [3.05, 3.63) is 30.1 Å². The molecule has 2 heterocycles. The van der Waals surface area contributed by atoms with E-state index in [9.17, 15) is 4.79 Å². The molecule has 0 amide bonds. The molecule has 1 aliphatic heterocycles. The van der Waals surface area contributed by atoms with Crippen LogP contribution in [0.3, 0.4) is 0 Å². The minimum Gasteiger partial charge on any atom is -0.378 e. The van der Waals surface area contributed by atoms with Gasteiger partial charge in [0, 0.05) is 6.20 Å². The molecule has 0 saturated carbocycles. The second-order valence-electron chi connectivity index (χ2n) is 2.98. The van der Waals surface area contributed by atoms with Crippen LogP contribution in [0.1, 0.15) is 5.69 Å². The first-order valence-corrected chi connectivity index (χ1v) is 3.83. The van der Waals surface area contributed by atoms with E-state index in [1.807, 2.05) is 18.2 Å². The Hall–Kier alpha value is -1.22. The summed E-state index contributed by atoms with van der Waals surface area (Å²) in [5.41, 5.74) is 0.354. The minimum atomic E-state index is -0.457. The van der Waals surface area contributed by atoms with E-state index < -0.39 is 5.41 Å². The quantitative estimate of drug-likeness (QED) is 0.597. The van der Waals surface area contributed by atoms with Gasteiger partial charge >= 0.3 is 0 Å². The third kappa shape index (κ3) is 0.940. The van der Waals surface area contributed by atoms with E-state index in [4.69, 9.17) is 4.74 Å². The summed E-state index contributed by atoms with van der Waals surface area (Å²) in [7, 11) is 0. The van der Waals surface area contributed by atoms with Gasteiger partial charge in [0.05, 0.1) is 18.9 Å². The monoisotopic (exact) mass is 163 g/mol. The lowest BCUT2D eigenvalue weighted by Crippen LogP contribution is -2.48. The molecule has 0 spiro atoms. The molecule has 0 N–H and O–H groups in total. The molecule has 3 nitrogen and oxygen atoms in total. The highest BCUT2D eigenvalue weighted by Crippen LogP contribution is 2.27. The first-order valence-electron chi connectivity index (χ1n) is 3.83. The van der Waals surface area contributed by atoms with Crippen molar-refractivity contribution in [2.24, 2.45) is 0 Å². The number of ether oxygens (including phenoxy) is 1. The van der Waals surface area contributed by atoms with Crippen LogP contribution < -0.4 is 0 Å². The number of carbonyl (C=O) groups excluding carboxylic acids is 1. The zero-order valence-electron chi connectivity index (χ0n) is 6.56. The average Bonchev–Trinajstić information content (AvgIpc) is 2.05. The van der Waals surface area contributed by atoms with Crippen molar-refractivity contribution in [1.29, 1.82) is 0 Å². The summed E-state index contributed by atoms with van der Waals surface area (Å²) in [5, 5.41) is 0. The topological polar surface area (TPSA) is 39.2 Å². The summed E-state index contributed by atoms with van der Waals surface area (Å²) in [6.07, 6.45) is 2.62. The van der Waals surface area contributed by atoms with Crippen LogP contribution in [0.15, 0.2) is 24.4 Å². The molecule has 12 heavy (non-hydrogen) atoms. The summed E-state index contributed by atoms with van der Waals surface area (Å²) < 4.78 is 5.01. The standard InChI is InChI=1S/C9H9NO2/c11-5-9(6-12-7-9)8-3-1-2-4-10-8/h1-5H,6-7H2. The van der Waals surface area contributed by atoms with Gasteiger partial charge < -0.3 is 9.53 Å². The van der Waals surface area contributed by atoms with Crippen molar-refractivity contribution in [2.45, 2.75) is 5.41 Å². The van der Waals surface area contributed by atoms with E-state index in [2.05, 4.69) is 4.98 Å². The molecule has 1 aromatic heterocycles. The van der Waals surface area contributed by atoms with Crippen LogP contribution in [0.4, 0.5) is 0 Å². The van der Waals surface area contributed by atoms with Crippen LogP contribution in [0.5, 0.6) is 0 Å². The second kappa shape index (κ2) is 2.68. The SMILES string of the molecule is O=CC1(c2ccccn2)COC1. The Bertz CT molecular complexity index is 280. The van der Waals surface area contributed by atoms with Gasteiger partial charge in [0.1, 0.15) is 11.7 Å². The number of hydrogen-bond donors (Lipinski definition) is 0. The molecule has 0 radical (unpaired) electrons. The van der Waals surface area contributed by atoms with Gasteiger partial charge in [-0.3, -0.25) is 4.98 Å². The first-order chi connectivity index (χ1) is 5.87. The largest absolute Gasteiger partial charge is 0.378 e. The molecule has 1 aliphatic rings. The normalized spacial score (nSPS) is 19.7. The second-order valence-corrected chi connectivity index (χ2v) is 2.98. The molecule has 1 aromatic rings. The Morgan fingerprint density at radius 3 is 2.75 bits per heavy atom. The number of carbonyl (C=O) groups is 1. The zero-order valence-corrected chi connectivity index (χ0v) is 6.56. The summed E-state index contributed by atoms with van der Waals surface area (Å²) in [5.74, 6) is 0. The predicted octanol–water partition coefficient (Wildman–Crippen LogP) is 0.548. The van der Waals surface area contributed by atoms with Gasteiger partial charge in [-0.2, -0.15) is 0 Å². The number of pyridine rings is 1. The summed E-state index contributed by atoms with van der Waals surface area (Å²) in [6, 6.07) is 5.57. The van der Waals surface area contributed by atoms with Gasteiger partial charge in [0.25, 0.3) is 0 Å². The van der Waals surface area contributed by atoms with E-state index in [1.165, 1.54) is 0 Å². The molecule has 2 rings (SSSR count). The number of aromatic nitrogens is 1. The molecule has 3 heteroatoms. The Morgan fingerprint density at radius 2 is 2.33 bits per heavy atom. The summed E-state index contributed by atoms with van der Waals surface area (Å²) in [4.78, 5) is 14.9. The zero-order chi connectivity index (χ0) is 8.44. The van der Waals surface area contributed by atoms with Crippen LogP contribution in [0, 0.1) is 0 Å². The number of nitrogens with zero attached hydrogens (tertiary/aromatic N) is 1. The third-order valence-corrected chi connectivity index (χ3v) is 2.12. The Kier molecular flexibility index (Phi) is 1.66. The van der Waals surface area contributed by atoms with Gasteiger partial charge in [0.15, 0.2) is 0 Å². The fourth-order valence-corrected chi connectivity index (χ4v) is 1.26. The minimum absolute atomic E-state index is 0.457. The van der Waals surface area contributed by atoms with Crippen LogP contribution >= 0.6 is 0 Å². The van der Waals surface area contributed by atoms with Crippen LogP contribution in [0.2, 0.25) is 0 Å². The fourth-order valence-electron chi connectivity index (χ4n) is 1.26. The van der Waals surface area contributed by atoms with Crippen molar-refractivity contribution >= 4 is 6.29 Å². The Labute approximate surface area is 70.4 Å². The van der Waals surface area contributed by atoms with Gasteiger partial charge in [-0.05, 0) is 12.1 Å². The maximum Gasteiger partial charge on any atom is 0.136 e. The van der Waals surface area contributed by atoms with Gasteiger partial charge in [0.2, 0.25) is 0 Å². The van der Waals surface area contributed by atoms with Crippen LogP contribution in [-0.4, -0.2) is 24.5 Å². The van der Waals surface area contributed by atoms with Crippen molar-refractivity contribution in [3.8, 4) is 0 Å². The van der Waals surface area contributed by atoms with E-state index in [0.29, 0.717) is 13.2 Å². The molecule has 0 aromatic carbocycles. The first kappa shape index (κ1) is 7.43. The predicted molar refractivity (Wildman–Crippen MR) is 42.8 cm³/mol. The molecule has 1 fully saturated rings. The summed E-state index contributed by atoms with van der Waals surface area (Å²) in [6.45, 7) is 0.932. The fraction of sp³-hybridized carbons (Fsp3) is 0.333. The Morgan fingerprint density at radius 1 is 1.50 bits per heavy atom. The lowest BCUT2D eigenvalue weighted by molar-refractivity contribution is -0.130. The molecule has 0 aliphatic carbocycles. The van der Waals surface area contributed by atoms with Crippen molar-refractivity contribution in [1.82, 2.24) is 4.98 Å². The molecule has 0 atom stereocenters. The highest BCUT2D eigenvalue weighted by Gasteiger charge is 2.41. The molecule has 0 bridgehead atoms. The smallest absolute Gasteiger partial charge is 0.136 e. The highest BCUT2D eigenvalue weighted by atomic mass is 16.5. The average molecular weight is 163 g/mol. The number of aldehydes is 1. The van der Waals surface area contributed by atoms with E-state index in [0.717, 1.165) is 12.0 Å². The van der Waals surface area contributed by atoms with E-state index >= 15 is 0 Å². The molecule has 0 unspecified atom stereocenters. The molecule has 62 valence electrons. The lowest BCUT2D eigenvalue weighted by Gasteiger charge is -2.35. The van der Waals surface area contributed by atoms with Gasteiger partial charge in [-0.1, -0.05) is 6.07 Å². The molecular formula is C9H9NO2. The maximum absolute atomic E-state index is 10.8. The van der Waals surface area contributed by atoms with Gasteiger partial charge in [-0.15, -0.1) is 0 Å². The lowest BCUT2D eigenvalue weighted by atomic mass is 9.84. The van der Waals surface area contributed by atoms with Gasteiger partial charge in [-0.25, -0.2) is 0 Å². The number of hydrogen-bond acceptors (Lipinski definition) is 3. The maximum atomic E-state index is 10.8. The number of rotatable bonds is 2. The molecule has 1 saturated heterocycles. The van der Waals surface area contributed by atoms with Crippen molar-refractivity contribution in [3.63, 3.8) is 0 Å². The van der Waals surface area contributed by atoms with Crippen LogP contribution in [0.25, 0.3) is 0 Å². The van der Waals surface area contributed by atoms with Crippen LogP contribution in [-0.2, 0) is 14.9 Å². The van der Waals surface area contributed by atoms with Crippen molar-refractivity contribution < 1.29 is 9.53 Å². The highest BCUT2D eigenvalue weighted by molar-refractivity contribution is 5.69. The molecular weight excluding hydrogens is 154 g/mol. The van der Waals surface area contributed by atoms with E-state index in [1.54, 1.807) is 6.20 Å². The third-order valence-electron chi connectivity index (χ3n) is 2.12.